The molecule has 3 heterocycles. The van der Waals surface area contributed by atoms with E-state index in [2.05, 4.69) is 34.6 Å². The SMILES string of the molecule is Cc1cc2c(N3CCN[C@@H](C)CC3)c(C(=O)N[C@@H](C)c3cc(Cl)cc(C#N)c3)cnc2c(C2CC2)n1. The molecule has 5 rings (SSSR count). The number of nitrogens with zero attached hydrogens (tertiary/aromatic N) is 4. The molecule has 0 unspecified atom stereocenters. The quantitative estimate of drug-likeness (QED) is 0.508. The predicted octanol–water partition coefficient (Wildman–Crippen LogP) is 5.02. The van der Waals surface area contributed by atoms with E-state index in [9.17, 15) is 10.1 Å². The van der Waals surface area contributed by atoms with Crippen molar-refractivity contribution >= 4 is 34.1 Å². The summed E-state index contributed by atoms with van der Waals surface area (Å²) in [5.41, 5.74) is 5.63. The molecule has 7 nitrogen and oxygen atoms in total. The first kappa shape index (κ1) is 24.5. The predicted molar refractivity (Wildman–Crippen MR) is 143 cm³/mol. The van der Waals surface area contributed by atoms with Gasteiger partial charge in [-0.05, 0) is 69.9 Å². The van der Waals surface area contributed by atoms with Crippen molar-refractivity contribution in [2.75, 3.05) is 24.5 Å². The molecular weight excluding hydrogens is 472 g/mol. The van der Waals surface area contributed by atoms with E-state index in [1.807, 2.05) is 13.8 Å². The zero-order valence-electron chi connectivity index (χ0n) is 20.9. The van der Waals surface area contributed by atoms with Crippen molar-refractivity contribution in [3.63, 3.8) is 0 Å². The normalized spacial score (nSPS) is 19.0. The lowest BCUT2D eigenvalue weighted by Crippen LogP contribution is -2.33. The van der Waals surface area contributed by atoms with Gasteiger partial charge in [0, 0.05) is 53.9 Å². The Morgan fingerprint density at radius 1 is 1.25 bits per heavy atom. The minimum Gasteiger partial charge on any atom is -0.369 e. The third-order valence-corrected chi connectivity index (χ3v) is 7.33. The number of hydrogen-bond acceptors (Lipinski definition) is 6. The van der Waals surface area contributed by atoms with Gasteiger partial charge in [0.2, 0.25) is 0 Å². The molecule has 1 amide bonds. The minimum atomic E-state index is -0.334. The van der Waals surface area contributed by atoms with E-state index in [4.69, 9.17) is 21.6 Å². The van der Waals surface area contributed by atoms with E-state index < -0.39 is 0 Å². The van der Waals surface area contributed by atoms with E-state index in [0.29, 0.717) is 28.1 Å². The van der Waals surface area contributed by atoms with E-state index in [1.165, 1.54) is 0 Å². The van der Waals surface area contributed by atoms with Crippen LogP contribution in [0.5, 0.6) is 0 Å². The number of rotatable bonds is 5. The van der Waals surface area contributed by atoms with Gasteiger partial charge in [-0.15, -0.1) is 0 Å². The molecule has 8 heteroatoms. The lowest BCUT2D eigenvalue weighted by molar-refractivity contribution is 0.0940. The van der Waals surface area contributed by atoms with Gasteiger partial charge < -0.3 is 15.5 Å². The van der Waals surface area contributed by atoms with Crippen LogP contribution in [-0.4, -0.2) is 41.6 Å². The van der Waals surface area contributed by atoms with Crippen LogP contribution in [0.15, 0.2) is 30.5 Å². The van der Waals surface area contributed by atoms with Gasteiger partial charge >= 0.3 is 0 Å². The molecule has 1 saturated heterocycles. The Hall–Kier alpha value is -3.21. The molecule has 0 radical (unpaired) electrons. The van der Waals surface area contributed by atoms with Crippen LogP contribution in [0.2, 0.25) is 5.02 Å². The first-order valence-electron chi connectivity index (χ1n) is 12.6. The maximum Gasteiger partial charge on any atom is 0.255 e. The van der Waals surface area contributed by atoms with Crippen molar-refractivity contribution in [2.24, 2.45) is 0 Å². The van der Waals surface area contributed by atoms with E-state index in [1.54, 1.807) is 24.4 Å². The number of nitriles is 1. The molecule has 3 aromatic rings. The standard InChI is InChI=1S/C28H31ClN6O/c1-16-6-8-35(9-7-31-16)27-23-10-17(2)33-25(20-4-5-20)26(23)32-15-24(27)28(36)34-18(3)21-11-19(14-30)12-22(29)13-21/h10-13,15-16,18,20,31H,4-9H2,1-3H3,(H,34,36)/t16-,18-/m0/s1. The molecule has 36 heavy (non-hydrogen) atoms. The number of nitrogens with one attached hydrogen (secondary N) is 2. The summed E-state index contributed by atoms with van der Waals surface area (Å²) in [6, 6.07) is 9.45. The Morgan fingerprint density at radius 3 is 2.81 bits per heavy atom. The Morgan fingerprint density at radius 2 is 2.06 bits per heavy atom. The summed E-state index contributed by atoms with van der Waals surface area (Å²) >= 11 is 6.21. The lowest BCUT2D eigenvalue weighted by Gasteiger charge is -2.27. The molecule has 1 aliphatic heterocycles. The highest BCUT2D eigenvalue weighted by molar-refractivity contribution is 6.30. The number of hydrogen-bond donors (Lipinski definition) is 2. The first-order chi connectivity index (χ1) is 17.3. The molecule has 0 spiro atoms. The fourth-order valence-corrected chi connectivity index (χ4v) is 5.25. The van der Waals surface area contributed by atoms with Gasteiger partial charge in [0.05, 0.1) is 40.1 Å². The number of amides is 1. The van der Waals surface area contributed by atoms with Crippen molar-refractivity contribution in [3.05, 3.63) is 63.6 Å². The number of pyridine rings is 2. The zero-order chi connectivity index (χ0) is 25.4. The molecule has 2 fully saturated rings. The highest BCUT2D eigenvalue weighted by Crippen LogP contribution is 2.43. The number of carbonyl (C=O) groups is 1. The van der Waals surface area contributed by atoms with Gasteiger partial charge in [0.1, 0.15) is 0 Å². The average Bonchev–Trinajstić information content (AvgIpc) is 3.71. The van der Waals surface area contributed by atoms with Gasteiger partial charge in [0.25, 0.3) is 5.91 Å². The van der Waals surface area contributed by atoms with Gasteiger partial charge in [-0.1, -0.05) is 11.6 Å². The summed E-state index contributed by atoms with van der Waals surface area (Å²) in [4.78, 5) is 25.7. The Labute approximate surface area is 216 Å². The molecule has 1 saturated carbocycles. The average molecular weight is 503 g/mol. The number of carbonyl (C=O) groups excluding carboxylic acids is 1. The van der Waals surface area contributed by atoms with E-state index in [-0.39, 0.29) is 11.9 Å². The topological polar surface area (TPSA) is 93.9 Å². The van der Waals surface area contributed by atoms with Crippen LogP contribution >= 0.6 is 11.6 Å². The van der Waals surface area contributed by atoms with Gasteiger partial charge in [0.15, 0.2) is 0 Å². The number of aryl methyl sites for hydroxylation is 1. The number of aromatic nitrogens is 2. The van der Waals surface area contributed by atoms with Crippen molar-refractivity contribution in [2.45, 2.75) is 58.0 Å². The fraction of sp³-hybridized carbons (Fsp3) is 0.429. The fourth-order valence-electron chi connectivity index (χ4n) is 5.01. The molecule has 186 valence electrons. The summed E-state index contributed by atoms with van der Waals surface area (Å²) < 4.78 is 0. The van der Waals surface area contributed by atoms with Crippen LogP contribution in [-0.2, 0) is 0 Å². The smallest absolute Gasteiger partial charge is 0.255 e. The van der Waals surface area contributed by atoms with Crippen LogP contribution in [0.25, 0.3) is 10.9 Å². The highest BCUT2D eigenvalue weighted by atomic mass is 35.5. The molecule has 2 aromatic heterocycles. The van der Waals surface area contributed by atoms with Crippen molar-refractivity contribution in [3.8, 4) is 6.07 Å². The highest BCUT2D eigenvalue weighted by Gasteiger charge is 2.31. The summed E-state index contributed by atoms with van der Waals surface area (Å²) in [7, 11) is 0. The minimum absolute atomic E-state index is 0.196. The van der Waals surface area contributed by atoms with Crippen LogP contribution in [0, 0.1) is 18.3 Å². The Kier molecular flexibility index (Phi) is 6.83. The number of fused-ring (bicyclic) bond motifs is 1. The summed E-state index contributed by atoms with van der Waals surface area (Å²) in [5.74, 6) is 0.258. The number of anilines is 1. The third kappa shape index (κ3) is 5.02. The van der Waals surface area contributed by atoms with Gasteiger partial charge in [-0.3, -0.25) is 14.8 Å². The first-order valence-corrected chi connectivity index (χ1v) is 13.0. The monoisotopic (exact) mass is 502 g/mol. The third-order valence-electron chi connectivity index (χ3n) is 7.11. The van der Waals surface area contributed by atoms with E-state index in [0.717, 1.165) is 72.4 Å². The van der Waals surface area contributed by atoms with Crippen molar-refractivity contribution in [1.82, 2.24) is 20.6 Å². The Balaban J connectivity index is 1.57. The molecule has 2 atom stereocenters. The Bertz CT molecular complexity index is 1360. The molecular formula is C28H31ClN6O. The summed E-state index contributed by atoms with van der Waals surface area (Å²) in [5, 5.41) is 17.5. The van der Waals surface area contributed by atoms with Crippen LogP contribution in [0.1, 0.15) is 77.9 Å². The summed E-state index contributed by atoms with van der Waals surface area (Å²) in [6.07, 6.45) is 4.97. The number of halogens is 1. The molecule has 0 bridgehead atoms. The van der Waals surface area contributed by atoms with Crippen molar-refractivity contribution < 1.29 is 4.79 Å². The molecule has 2 N–H and O–H groups in total. The van der Waals surface area contributed by atoms with E-state index >= 15 is 0 Å². The maximum absolute atomic E-state index is 13.7. The lowest BCUT2D eigenvalue weighted by atomic mass is 10.0. The molecule has 1 aliphatic carbocycles. The largest absolute Gasteiger partial charge is 0.369 e. The second-order valence-electron chi connectivity index (χ2n) is 10.1. The van der Waals surface area contributed by atoms with Crippen LogP contribution in [0.3, 0.4) is 0 Å². The zero-order valence-corrected chi connectivity index (χ0v) is 21.7. The van der Waals surface area contributed by atoms with Gasteiger partial charge in [-0.2, -0.15) is 5.26 Å². The van der Waals surface area contributed by atoms with Crippen molar-refractivity contribution in [1.29, 1.82) is 5.26 Å². The number of benzene rings is 1. The second kappa shape index (κ2) is 10.0. The van der Waals surface area contributed by atoms with Crippen LogP contribution in [0.4, 0.5) is 5.69 Å². The van der Waals surface area contributed by atoms with Gasteiger partial charge in [-0.25, -0.2) is 0 Å². The summed E-state index contributed by atoms with van der Waals surface area (Å²) in [6.45, 7) is 8.62. The second-order valence-corrected chi connectivity index (χ2v) is 10.5. The maximum atomic E-state index is 13.7. The van der Waals surface area contributed by atoms with Crippen LogP contribution < -0.4 is 15.5 Å². The molecule has 1 aromatic carbocycles. The molecule has 2 aliphatic rings.